The van der Waals surface area contributed by atoms with Crippen LogP contribution in [0.2, 0.25) is 0 Å². The Morgan fingerprint density at radius 2 is 1.68 bits per heavy atom. The van der Waals surface area contributed by atoms with Gasteiger partial charge in [-0.2, -0.15) is 0 Å². The highest BCUT2D eigenvalue weighted by molar-refractivity contribution is 7.91. The number of rotatable bonds is 7. The summed E-state index contributed by atoms with van der Waals surface area (Å²) in [5.74, 6) is 1.05. The van der Waals surface area contributed by atoms with E-state index in [0.29, 0.717) is 6.42 Å². The average Bonchev–Trinajstić information content (AvgIpc) is 3.46. The zero-order chi connectivity index (χ0) is 19.6. The lowest BCUT2D eigenvalue weighted by molar-refractivity contribution is -0.134. The maximum atomic E-state index is 12.8. The second kappa shape index (κ2) is 7.95. The van der Waals surface area contributed by atoms with Gasteiger partial charge in [-0.15, -0.1) is 0 Å². The van der Waals surface area contributed by atoms with Crippen molar-refractivity contribution in [3.8, 4) is 16.9 Å². The number of benzene rings is 2. The van der Waals surface area contributed by atoms with Crippen molar-refractivity contribution in [1.82, 2.24) is 4.90 Å². The van der Waals surface area contributed by atoms with Crippen LogP contribution in [0.15, 0.2) is 54.6 Å². The SMILES string of the molecule is O=C(CCOc1ccccc1-c1ccccc1)N(C1CC1)C1CCS(=O)(=O)C1. The third kappa shape index (κ3) is 4.38. The third-order valence-electron chi connectivity index (χ3n) is 5.38. The Kier molecular flexibility index (Phi) is 5.40. The number of amides is 1. The van der Waals surface area contributed by atoms with Crippen molar-refractivity contribution in [2.75, 3.05) is 18.1 Å². The molecule has 0 radical (unpaired) electrons. The van der Waals surface area contributed by atoms with Gasteiger partial charge in [0.05, 0.1) is 24.5 Å². The standard InChI is InChI=1S/C22H25NO4S/c24-22(23(18-10-11-18)19-13-15-28(25,26)16-19)12-14-27-21-9-5-4-8-20(21)17-6-2-1-3-7-17/h1-9,18-19H,10-16H2. The average molecular weight is 400 g/mol. The van der Waals surface area contributed by atoms with E-state index in [1.165, 1.54) is 0 Å². The van der Waals surface area contributed by atoms with Gasteiger partial charge in [-0.25, -0.2) is 8.42 Å². The highest BCUT2D eigenvalue weighted by atomic mass is 32.2. The highest BCUT2D eigenvalue weighted by Crippen LogP contribution is 2.33. The van der Waals surface area contributed by atoms with Gasteiger partial charge in [-0.3, -0.25) is 4.79 Å². The number of carbonyl (C=O) groups is 1. The van der Waals surface area contributed by atoms with Gasteiger partial charge in [-0.05, 0) is 30.9 Å². The van der Waals surface area contributed by atoms with Crippen LogP contribution in [0.4, 0.5) is 0 Å². The minimum absolute atomic E-state index is 0.00166. The van der Waals surface area contributed by atoms with Crippen LogP contribution in [0.3, 0.4) is 0 Å². The topological polar surface area (TPSA) is 63.7 Å². The van der Waals surface area contributed by atoms with Gasteiger partial charge in [0.1, 0.15) is 5.75 Å². The van der Waals surface area contributed by atoms with Gasteiger partial charge in [0.25, 0.3) is 0 Å². The molecule has 1 saturated heterocycles. The van der Waals surface area contributed by atoms with E-state index in [9.17, 15) is 13.2 Å². The summed E-state index contributed by atoms with van der Waals surface area (Å²) < 4.78 is 29.6. The lowest BCUT2D eigenvalue weighted by atomic mass is 10.1. The van der Waals surface area contributed by atoms with Crippen molar-refractivity contribution in [3.05, 3.63) is 54.6 Å². The Hall–Kier alpha value is -2.34. The van der Waals surface area contributed by atoms with Crippen LogP contribution >= 0.6 is 0 Å². The lowest BCUT2D eigenvalue weighted by Crippen LogP contribution is -2.43. The largest absolute Gasteiger partial charge is 0.492 e. The minimum atomic E-state index is -3.00. The van der Waals surface area contributed by atoms with E-state index in [4.69, 9.17) is 4.74 Å². The highest BCUT2D eigenvalue weighted by Gasteiger charge is 2.41. The zero-order valence-electron chi connectivity index (χ0n) is 15.8. The quantitative estimate of drug-likeness (QED) is 0.717. The Bertz CT molecular complexity index is 938. The van der Waals surface area contributed by atoms with E-state index >= 15 is 0 Å². The molecule has 2 aromatic carbocycles. The van der Waals surface area contributed by atoms with Crippen LogP contribution in [0.1, 0.15) is 25.7 Å². The van der Waals surface area contributed by atoms with Crippen LogP contribution < -0.4 is 4.74 Å². The van der Waals surface area contributed by atoms with Gasteiger partial charge in [0.15, 0.2) is 9.84 Å². The predicted octanol–water partition coefficient (Wildman–Crippen LogP) is 3.30. The number of carbonyl (C=O) groups excluding carboxylic acids is 1. The summed E-state index contributed by atoms with van der Waals surface area (Å²) in [4.78, 5) is 14.6. The van der Waals surface area contributed by atoms with E-state index in [1.807, 2.05) is 59.5 Å². The Morgan fingerprint density at radius 1 is 0.964 bits per heavy atom. The molecule has 0 spiro atoms. The molecule has 0 N–H and O–H groups in total. The zero-order valence-corrected chi connectivity index (χ0v) is 16.6. The van der Waals surface area contributed by atoms with E-state index in [0.717, 1.165) is 29.7 Å². The summed E-state index contributed by atoms with van der Waals surface area (Å²) >= 11 is 0. The summed E-state index contributed by atoms with van der Waals surface area (Å²) in [5.41, 5.74) is 2.07. The van der Waals surface area contributed by atoms with Crippen LogP contribution in [0, 0.1) is 0 Å². The maximum Gasteiger partial charge on any atom is 0.226 e. The second-order valence-electron chi connectivity index (χ2n) is 7.55. The van der Waals surface area contributed by atoms with Crippen LogP contribution in [0.25, 0.3) is 11.1 Å². The fourth-order valence-electron chi connectivity index (χ4n) is 3.88. The first-order valence-electron chi connectivity index (χ1n) is 9.82. The Morgan fingerprint density at radius 3 is 2.36 bits per heavy atom. The van der Waals surface area contributed by atoms with Crippen molar-refractivity contribution in [2.24, 2.45) is 0 Å². The molecule has 2 fully saturated rings. The minimum Gasteiger partial charge on any atom is -0.492 e. The van der Waals surface area contributed by atoms with Gasteiger partial charge >= 0.3 is 0 Å². The summed E-state index contributed by atoms with van der Waals surface area (Å²) in [6.07, 6.45) is 2.76. The molecule has 1 atom stereocenters. The molecule has 148 valence electrons. The van der Waals surface area contributed by atoms with Crippen molar-refractivity contribution in [1.29, 1.82) is 0 Å². The smallest absolute Gasteiger partial charge is 0.226 e. The molecule has 0 aromatic heterocycles. The van der Waals surface area contributed by atoms with E-state index in [1.54, 1.807) is 0 Å². The molecular formula is C22H25NO4S. The Labute approximate surface area is 166 Å². The summed E-state index contributed by atoms with van der Waals surface area (Å²) in [6, 6.07) is 17.9. The molecule has 1 saturated carbocycles. The van der Waals surface area contributed by atoms with Crippen molar-refractivity contribution >= 4 is 15.7 Å². The number of sulfone groups is 1. The number of para-hydroxylation sites is 1. The van der Waals surface area contributed by atoms with Crippen molar-refractivity contribution in [2.45, 2.75) is 37.8 Å². The van der Waals surface area contributed by atoms with Gasteiger partial charge in [-0.1, -0.05) is 48.5 Å². The molecule has 2 aromatic rings. The Balaban J connectivity index is 1.39. The number of hydrogen-bond acceptors (Lipinski definition) is 4. The summed E-state index contributed by atoms with van der Waals surface area (Å²) in [7, 11) is -3.00. The molecule has 1 unspecified atom stereocenters. The maximum absolute atomic E-state index is 12.8. The van der Waals surface area contributed by atoms with Crippen molar-refractivity contribution < 1.29 is 17.9 Å². The van der Waals surface area contributed by atoms with Gasteiger partial charge < -0.3 is 9.64 Å². The molecule has 1 aliphatic heterocycles. The molecule has 4 rings (SSSR count). The van der Waals surface area contributed by atoms with Gasteiger partial charge in [0, 0.05) is 17.6 Å². The van der Waals surface area contributed by atoms with Crippen LogP contribution in [-0.4, -0.2) is 49.4 Å². The van der Waals surface area contributed by atoms with Crippen LogP contribution in [-0.2, 0) is 14.6 Å². The molecule has 1 heterocycles. The number of nitrogens with zero attached hydrogens (tertiary/aromatic N) is 1. The third-order valence-corrected chi connectivity index (χ3v) is 7.13. The molecular weight excluding hydrogens is 374 g/mol. The van der Waals surface area contributed by atoms with Crippen LogP contribution in [0.5, 0.6) is 5.75 Å². The molecule has 1 aliphatic carbocycles. The molecule has 1 amide bonds. The first kappa shape index (κ1) is 19.0. The number of hydrogen-bond donors (Lipinski definition) is 0. The summed E-state index contributed by atoms with van der Waals surface area (Å²) in [5, 5.41) is 0. The lowest BCUT2D eigenvalue weighted by Gasteiger charge is -2.28. The van der Waals surface area contributed by atoms with E-state index in [-0.39, 0.29) is 42.5 Å². The first-order chi connectivity index (χ1) is 13.5. The fraction of sp³-hybridized carbons (Fsp3) is 0.409. The molecule has 28 heavy (non-hydrogen) atoms. The molecule has 6 heteroatoms. The first-order valence-corrected chi connectivity index (χ1v) is 11.6. The monoisotopic (exact) mass is 399 g/mol. The number of ether oxygens (including phenoxy) is 1. The molecule has 0 bridgehead atoms. The predicted molar refractivity (Wildman–Crippen MR) is 109 cm³/mol. The second-order valence-corrected chi connectivity index (χ2v) is 9.78. The van der Waals surface area contributed by atoms with E-state index in [2.05, 4.69) is 0 Å². The molecule has 5 nitrogen and oxygen atoms in total. The summed E-state index contributed by atoms with van der Waals surface area (Å²) in [6.45, 7) is 0.283. The van der Waals surface area contributed by atoms with Crippen molar-refractivity contribution in [3.63, 3.8) is 0 Å². The fourth-order valence-corrected chi connectivity index (χ4v) is 5.59. The van der Waals surface area contributed by atoms with E-state index < -0.39 is 9.84 Å². The van der Waals surface area contributed by atoms with Gasteiger partial charge in [0.2, 0.25) is 5.91 Å². The normalized spacial score (nSPS) is 20.6. The molecule has 2 aliphatic rings.